The first-order valence-electron chi connectivity index (χ1n) is 4.22. The van der Waals surface area contributed by atoms with E-state index in [4.69, 9.17) is 17.3 Å². The van der Waals surface area contributed by atoms with Crippen LogP contribution in [0.5, 0.6) is 0 Å². The first kappa shape index (κ1) is 11.5. The predicted octanol–water partition coefficient (Wildman–Crippen LogP) is 3.32. The summed E-state index contributed by atoms with van der Waals surface area (Å²) in [6.07, 6.45) is 0. The molecule has 0 aliphatic heterocycles. The average Bonchev–Trinajstić information content (AvgIpc) is 2.07. The van der Waals surface area contributed by atoms with Gasteiger partial charge in [-0.1, -0.05) is 41.4 Å². The molecule has 0 aliphatic rings. The quantitative estimate of drug-likeness (QED) is 0.884. The number of benzene rings is 1. The summed E-state index contributed by atoms with van der Waals surface area (Å²) in [6, 6.07) is 3.54. The minimum Gasteiger partial charge on any atom is -0.366 e. The van der Waals surface area contributed by atoms with E-state index in [-0.39, 0.29) is 5.92 Å². The Morgan fingerprint density at radius 3 is 2.50 bits per heavy atom. The normalized spacial score (nSPS) is 10.6. The van der Waals surface area contributed by atoms with Crippen LogP contribution in [-0.4, -0.2) is 5.91 Å². The van der Waals surface area contributed by atoms with Gasteiger partial charge in [-0.05, 0) is 23.6 Å². The maximum absolute atomic E-state index is 11.1. The zero-order valence-corrected chi connectivity index (χ0v) is 10.3. The minimum atomic E-state index is -0.502. The third-order valence-electron chi connectivity index (χ3n) is 1.95. The van der Waals surface area contributed by atoms with Crippen molar-refractivity contribution in [2.45, 2.75) is 19.8 Å². The van der Waals surface area contributed by atoms with Crippen molar-refractivity contribution in [3.63, 3.8) is 0 Å². The fourth-order valence-electron chi connectivity index (χ4n) is 1.21. The Labute approximate surface area is 96.6 Å². The molecule has 4 heteroatoms. The van der Waals surface area contributed by atoms with Crippen molar-refractivity contribution in [1.82, 2.24) is 0 Å². The molecule has 0 aromatic heterocycles. The highest BCUT2D eigenvalue weighted by Gasteiger charge is 2.14. The Kier molecular flexibility index (Phi) is 3.56. The maximum Gasteiger partial charge on any atom is 0.250 e. The van der Waals surface area contributed by atoms with Crippen LogP contribution in [0, 0.1) is 0 Å². The van der Waals surface area contributed by atoms with Crippen LogP contribution in [0.25, 0.3) is 0 Å². The number of carbonyl (C=O) groups excluding carboxylic acids is 1. The van der Waals surface area contributed by atoms with Gasteiger partial charge in [-0.15, -0.1) is 0 Å². The number of carbonyl (C=O) groups is 1. The number of amides is 1. The Hall–Kier alpha value is -0.540. The molecule has 1 amide bonds. The SMILES string of the molecule is CC(C)c1cc(Br)cc(C(N)=O)c1Cl. The summed E-state index contributed by atoms with van der Waals surface area (Å²) >= 11 is 9.37. The lowest BCUT2D eigenvalue weighted by molar-refractivity contribution is 0.100. The van der Waals surface area contributed by atoms with E-state index in [2.05, 4.69) is 15.9 Å². The van der Waals surface area contributed by atoms with E-state index in [0.717, 1.165) is 10.0 Å². The molecule has 76 valence electrons. The molecular weight excluding hydrogens is 265 g/mol. The number of rotatable bonds is 2. The summed E-state index contributed by atoms with van der Waals surface area (Å²) in [5, 5.41) is 0.454. The van der Waals surface area contributed by atoms with Gasteiger partial charge in [0.2, 0.25) is 5.91 Å². The minimum absolute atomic E-state index is 0.262. The Morgan fingerprint density at radius 2 is 2.07 bits per heavy atom. The van der Waals surface area contributed by atoms with Gasteiger partial charge < -0.3 is 5.73 Å². The second kappa shape index (κ2) is 4.32. The molecular formula is C10H11BrClNO. The van der Waals surface area contributed by atoms with Gasteiger partial charge >= 0.3 is 0 Å². The molecule has 1 aromatic rings. The standard InChI is InChI=1S/C10H11BrClNO/c1-5(2)7-3-6(11)4-8(9(7)12)10(13)14/h3-5H,1-2H3,(H2,13,14). The van der Waals surface area contributed by atoms with Gasteiger partial charge in [0.25, 0.3) is 0 Å². The molecule has 14 heavy (non-hydrogen) atoms. The van der Waals surface area contributed by atoms with Crippen molar-refractivity contribution >= 4 is 33.4 Å². The van der Waals surface area contributed by atoms with Crippen LogP contribution in [0.2, 0.25) is 5.02 Å². The third kappa shape index (κ3) is 2.28. The molecule has 0 spiro atoms. The van der Waals surface area contributed by atoms with E-state index >= 15 is 0 Å². The molecule has 0 radical (unpaired) electrons. The van der Waals surface area contributed by atoms with Crippen LogP contribution in [0.1, 0.15) is 35.7 Å². The summed E-state index contributed by atoms with van der Waals surface area (Å²) < 4.78 is 0.819. The van der Waals surface area contributed by atoms with E-state index in [0.29, 0.717) is 10.6 Å². The molecule has 0 saturated heterocycles. The summed E-state index contributed by atoms with van der Waals surface area (Å²) in [6.45, 7) is 4.02. The van der Waals surface area contributed by atoms with E-state index in [1.807, 2.05) is 19.9 Å². The maximum atomic E-state index is 11.1. The monoisotopic (exact) mass is 275 g/mol. The summed E-state index contributed by atoms with van der Waals surface area (Å²) in [4.78, 5) is 11.1. The van der Waals surface area contributed by atoms with Gasteiger partial charge in [-0.25, -0.2) is 0 Å². The highest BCUT2D eigenvalue weighted by Crippen LogP contribution is 2.30. The van der Waals surface area contributed by atoms with Crippen LogP contribution in [0.3, 0.4) is 0 Å². The van der Waals surface area contributed by atoms with Gasteiger partial charge in [-0.3, -0.25) is 4.79 Å². The first-order valence-corrected chi connectivity index (χ1v) is 5.39. The third-order valence-corrected chi connectivity index (χ3v) is 2.83. The van der Waals surface area contributed by atoms with E-state index in [1.54, 1.807) is 6.07 Å². The first-order chi connectivity index (χ1) is 6.43. The Balaban J connectivity index is 3.40. The molecule has 0 aliphatic carbocycles. The fourth-order valence-corrected chi connectivity index (χ4v) is 2.11. The lowest BCUT2D eigenvalue weighted by Gasteiger charge is -2.11. The molecule has 0 atom stereocenters. The van der Waals surface area contributed by atoms with E-state index in [9.17, 15) is 4.79 Å². The van der Waals surface area contributed by atoms with Crippen LogP contribution >= 0.6 is 27.5 Å². The molecule has 0 heterocycles. The van der Waals surface area contributed by atoms with Gasteiger partial charge in [0.05, 0.1) is 10.6 Å². The molecule has 0 unspecified atom stereocenters. The average molecular weight is 277 g/mol. The van der Waals surface area contributed by atoms with Crippen molar-refractivity contribution in [1.29, 1.82) is 0 Å². The van der Waals surface area contributed by atoms with Gasteiger partial charge in [0.15, 0.2) is 0 Å². The molecule has 2 nitrogen and oxygen atoms in total. The van der Waals surface area contributed by atoms with Crippen molar-refractivity contribution in [2.75, 3.05) is 0 Å². The van der Waals surface area contributed by atoms with Gasteiger partial charge in [0.1, 0.15) is 0 Å². The number of nitrogens with two attached hydrogens (primary N) is 1. The van der Waals surface area contributed by atoms with Crippen LogP contribution in [0.15, 0.2) is 16.6 Å². The summed E-state index contributed by atoms with van der Waals surface area (Å²) in [5.74, 6) is -0.240. The topological polar surface area (TPSA) is 43.1 Å². The molecule has 0 saturated carbocycles. The molecule has 1 aromatic carbocycles. The molecule has 0 bridgehead atoms. The number of primary amides is 1. The van der Waals surface area contributed by atoms with E-state index < -0.39 is 5.91 Å². The van der Waals surface area contributed by atoms with Crippen molar-refractivity contribution < 1.29 is 4.79 Å². The highest BCUT2D eigenvalue weighted by molar-refractivity contribution is 9.10. The summed E-state index contributed by atoms with van der Waals surface area (Å²) in [5.41, 5.74) is 6.50. The fraction of sp³-hybridized carbons (Fsp3) is 0.300. The number of hydrogen-bond donors (Lipinski definition) is 1. The lowest BCUT2D eigenvalue weighted by atomic mass is 10.0. The Morgan fingerprint density at radius 1 is 1.50 bits per heavy atom. The van der Waals surface area contributed by atoms with Gasteiger partial charge in [0, 0.05) is 4.47 Å². The van der Waals surface area contributed by atoms with Gasteiger partial charge in [-0.2, -0.15) is 0 Å². The second-order valence-electron chi connectivity index (χ2n) is 3.38. The highest BCUT2D eigenvalue weighted by atomic mass is 79.9. The molecule has 0 fully saturated rings. The van der Waals surface area contributed by atoms with Crippen molar-refractivity contribution in [2.24, 2.45) is 5.73 Å². The number of halogens is 2. The molecule has 1 rings (SSSR count). The largest absolute Gasteiger partial charge is 0.366 e. The lowest BCUT2D eigenvalue weighted by Crippen LogP contribution is -2.12. The van der Waals surface area contributed by atoms with Crippen molar-refractivity contribution in [3.05, 3.63) is 32.8 Å². The Bertz CT molecular complexity index is 377. The smallest absolute Gasteiger partial charge is 0.250 e. The van der Waals surface area contributed by atoms with E-state index in [1.165, 1.54) is 0 Å². The van der Waals surface area contributed by atoms with Crippen LogP contribution < -0.4 is 5.73 Å². The summed E-state index contributed by atoms with van der Waals surface area (Å²) in [7, 11) is 0. The molecule has 2 N–H and O–H groups in total. The predicted molar refractivity (Wildman–Crippen MR) is 61.8 cm³/mol. The zero-order chi connectivity index (χ0) is 10.9. The van der Waals surface area contributed by atoms with Crippen molar-refractivity contribution in [3.8, 4) is 0 Å². The van der Waals surface area contributed by atoms with Crippen LogP contribution in [-0.2, 0) is 0 Å². The second-order valence-corrected chi connectivity index (χ2v) is 4.67. The number of hydrogen-bond acceptors (Lipinski definition) is 1. The zero-order valence-electron chi connectivity index (χ0n) is 7.97. The van der Waals surface area contributed by atoms with Crippen LogP contribution in [0.4, 0.5) is 0 Å².